The van der Waals surface area contributed by atoms with E-state index in [9.17, 15) is 0 Å². The van der Waals surface area contributed by atoms with Gasteiger partial charge in [-0.2, -0.15) is 0 Å². The van der Waals surface area contributed by atoms with Crippen LogP contribution in [0.15, 0.2) is 46.2 Å². The number of aromatic amines is 1. The number of aliphatic imine (C=N–C) groups is 1. The minimum absolute atomic E-state index is 0.0409. The molecule has 3 aliphatic rings. The second-order valence-corrected chi connectivity index (χ2v) is 8.52. The van der Waals surface area contributed by atoms with E-state index >= 15 is 0 Å². The second kappa shape index (κ2) is 9.17. The molecule has 156 valence electrons. The molecule has 1 N–H and O–H groups in total. The first-order valence-corrected chi connectivity index (χ1v) is 11.4. The van der Waals surface area contributed by atoms with Crippen LogP contribution in [-0.4, -0.2) is 35.4 Å². The summed E-state index contributed by atoms with van der Waals surface area (Å²) in [7, 11) is 2.16. The molecule has 2 aliphatic heterocycles. The number of nitrogens with one attached hydrogen (secondary N) is 1. The lowest BCUT2D eigenvalue weighted by Gasteiger charge is -2.23. The zero-order valence-electron chi connectivity index (χ0n) is 18.3. The topological polar surface area (TPSA) is 40.6 Å². The minimum atomic E-state index is -0.0409. The Bertz CT molecular complexity index is 855. The number of H-pyrrole nitrogens is 1. The van der Waals surface area contributed by atoms with Crippen LogP contribution in [0.25, 0.3) is 5.70 Å². The van der Waals surface area contributed by atoms with Gasteiger partial charge in [0, 0.05) is 25.1 Å². The van der Waals surface area contributed by atoms with E-state index in [4.69, 9.17) is 9.73 Å². The third kappa shape index (κ3) is 4.42. The van der Waals surface area contributed by atoms with Gasteiger partial charge in [0.05, 0.1) is 22.8 Å². The van der Waals surface area contributed by atoms with Crippen molar-refractivity contribution in [3.05, 3.63) is 52.6 Å². The fourth-order valence-corrected chi connectivity index (χ4v) is 4.74. The first-order chi connectivity index (χ1) is 14.2. The van der Waals surface area contributed by atoms with Crippen molar-refractivity contribution in [1.82, 2.24) is 9.88 Å². The average molecular weight is 394 g/mol. The summed E-state index contributed by atoms with van der Waals surface area (Å²) in [4.78, 5) is 10.9. The number of rotatable bonds is 3. The Labute approximate surface area is 175 Å². The fourth-order valence-electron chi connectivity index (χ4n) is 4.74. The maximum atomic E-state index is 6.17. The predicted molar refractivity (Wildman–Crippen MR) is 121 cm³/mol. The fraction of sp³-hybridized carbons (Fsp3) is 0.560. The number of hydrogen-bond acceptors (Lipinski definition) is 3. The van der Waals surface area contributed by atoms with E-state index in [2.05, 4.69) is 55.1 Å². The third-order valence-corrected chi connectivity index (χ3v) is 6.28. The Morgan fingerprint density at radius 2 is 1.79 bits per heavy atom. The molecule has 4 nitrogen and oxygen atoms in total. The van der Waals surface area contributed by atoms with Crippen LogP contribution in [0, 0.1) is 6.92 Å². The van der Waals surface area contributed by atoms with Gasteiger partial charge in [-0.3, -0.25) is 4.99 Å². The molecule has 1 aromatic rings. The van der Waals surface area contributed by atoms with Gasteiger partial charge in [0.2, 0.25) is 0 Å². The molecule has 0 fully saturated rings. The number of ether oxygens (including phenoxy) is 1. The Balaban J connectivity index is 1.69. The Hall–Kier alpha value is -2.07. The van der Waals surface area contributed by atoms with Crippen molar-refractivity contribution in [3.63, 3.8) is 0 Å². The molecule has 0 radical (unpaired) electrons. The number of hydrogen-bond donors (Lipinski definition) is 1. The van der Waals surface area contributed by atoms with Crippen LogP contribution in [0.3, 0.4) is 0 Å². The SMILES string of the molecule is CCOC1C=C(c2ccc(C)[nH]2)N(C)C1=C1N=C2C=C1CCCCCCCCC2. The zero-order chi connectivity index (χ0) is 20.2. The lowest BCUT2D eigenvalue weighted by atomic mass is 9.99. The van der Waals surface area contributed by atoms with Crippen molar-refractivity contribution in [1.29, 1.82) is 0 Å². The summed E-state index contributed by atoms with van der Waals surface area (Å²) in [6.45, 7) is 4.86. The van der Waals surface area contributed by atoms with E-state index in [0.717, 1.165) is 24.2 Å². The first kappa shape index (κ1) is 20.2. The van der Waals surface area contributed by atoms with Crippen molar-refractivity contribution in [2.24, 2.45) is 4.99 Å². The third-order valence-electron chi connectivity index (χ3n) is 6.28. The van der Waals surface area contributed by atoms with Gasteiger partial charge in [-0.1, -0.05) is 32.1 Å². The normalized spacial score (nSPS) is 26.0. The Morgan fingerprint density at radius 3 is 2.48 bits per heavy atom. The highest BCUT2D eigenvalue weighted by atomic mass is 16.5. The number of allylic oxidation sites excluding steroid dienone is 2. The molecule has 0 amide bonds. The maximum absolute atomic E-state index is 6.17. The number of aromatic nitrogens is 1. The highest BCUT2D eigenvalue weighted by molar-refractivity contribution is 6.00. The molecule has 4 heteroatoms. The predicted octanol–water partition coefficient (Wildman–Crippen LogP) is 6.13. The summed E-state index contributed by atoms with van der Waals surface area (Å²) in [6.07, 6.45) is 16.1. The molecule has 1 aromatic heterocycles. The molecule has 0 saturated carbocycles. The maximum Gasteiger partial charge on any atom is 0.120 e. The molecule has 4 rings (SSSR count). The van der Waals surface area contributed by atoms with Gasteiger partial charge >= 0.3 is 0 Å². The number of aryl methyl sites for hydroxylation is 1. The van der Waals surface area contributed by atoms with Gasteiger partial charge in [0.25, 0.3) is 0 Å². The van der Waals surface area contributed by atoms with Crippen LogP contribution in [0.2, 0.25) is 0 Å². The smallest absolute Gasteiger partial charge is 0.120 e. The summed E-state index contributed by atoms with van der Waals surface area (Å²) in [5.41, 5.74) is 8.53. The van der Waals surface area contributed by atoms with E-state index in [1.165, 1.54) is 73.3 Å². The van der Waals surface area contributed by atoms with Crippen molar-refractivity contribution in [2.75, 3.05) is 13.7 Å². The molecule has 3 heterocycles. The van der Waals surface area contributed by atoms with Gasteiger partial charge in [0.1, 0.15) is 6.10 Å². The summed E-state index contributed by atoms with van der Waals surface area (Å²) in [5, 5.41) is 0. The Kier molecular flexibility index (Phi) is 6.39. The first-order valence-electron chi connectivity index (χ1n) is 11.4. The second-order valence-electron chi connectivity index (χ2n) is 8.52. The highest BCUT2D eigenvalue weighted by Gasteiger charge is 2.33. The van der Waals surface area contributed by atoms with Gasteiger partial charge in [-0.15, -0.1) is 0 Å². The van der Waals surface area contributed by atoms with Crippen LogP contribution in [0.1, 0.15) is 76.1 Å². The number of fused-ring (bicyclic) bond motifs is 1. The van der Waals surface area contributed by atoms with Crippen molar-refractivity contribution in [2.45, 2.75) is 77.7 Å². The summed E-state index contributed by atoms with van der Waals surface area (Å²) >= 11 is 0. The Morgan fingerprint density at radius 1 is 1.07 bits per heavy atom. The number of likely N-dealkylation sites (N-methyl/N-ethyl adjacent to an activating group) is 1. The molecular formula is C25H35N3O. The molecule has 1 atom stereocenters. The summed E-state index contributed by atoms with van der Waals surface area (Å²) < 4.78 is 6.17. The minimum Gasteiger partial charge on any atom is -0.368 e. The van der Waals surface area contributed by atoms with Crippen LogP contribution in [-0.2, 0) is 4.74 Å². The lowest BCUT2D eigenvalue weighted by Crippen LogP contribution is -2.21. The molecule has 0 spiro atoms. The monoisotopic (exact) mass is 393 g/mol. The molecule has 1 aliphatic carbocycles. The molecule has 0 saturated heterocycles. The lowest BCUT2D eigenvalue weighted by molar-refractivity contribution is 0.114. The largest absolute Gasteiger partial charge is 0.368 e. The molecule has 2 bridgehead atoms. The van der Waals surface area contributed by atoms with E-state index < -0.39 is 0 Å². The van der Waals surface area contributed by atoms with Crippen LogP contribution in [0.4, 0.5) is 0 Å². The van der Waals surface area contributed by atoms with Gasteiger partial charge in [0.15, 0.2) is 0 Å². The standard InChI is InChI=1S/C25H35N3O/c1-4-29-23-17-22(21-15-14-18(2)26-21)28(3)25(23)24-19-12-10-8-6-5-7-9-11-13-20(16-19)27-24/h14-17,23,26H,4-13H2,1-3H3. The average Bonchev–Trinajstić information content (AvgIpc) is 3.37. The molecule has 0 aromatic carbocycles. The quantitative estimate of drug-likeness (QED) is 0.671. The van der Waals surface area contributed by atoms with Gasteiger partial charge in [-0.05, 0) is 69.4 Å². The van der Waals surface area contributed by atoms with Crippen molar-refractivity contribution < 1.29 is 4.74 Å². The summed E-state index contributed by atoms with van der Waals surface area (Å²) in [5.74, 6) is 0. The molecule has 29 heavy (non-hydrogen) atoms. The van der Waals surface area contributed by atoms with Gasteiger partial charge in [-0.25, -0.2) is 0 Å². The molecular weight excluding hydrogens is 358 g/mol. The van der Waals surface area contributed by atoms with E-state index in [-0.39, 0.29) is 6.10 Å². The molecule has 1 unspecified atom stereocenters. The summed E-state index contributed by atoms with van der Waals surface area (Å²) in [6, 6.07) is 4.29. The highest BCUT2D eigenvalue weighted by Crippen LogP contribution is 2.39. The van der Waals surface area contributed by atoms with Crippen LogP contribution >= 0.6 is 0 Å². The van der Waals surface area contributed by atoms with E-state index in [1.807, 2.05) is 0 Å². The van der Waals surface area contributed by atoms with Crippen LogP contribution in [0.5, 0.6) is 0 Å². The van der Waals surface area contributed by atoms with E-state index in [0.29, 0.717) is 6.61 Å². The van der Waals surface area contributed by atoms with Crippen molar-refractivity contribution in [3.8, 4) is 0 Å². The van der Waals surface area contributed by atoms with Crippen LogP contribution < -0.4 is 0 Å². The van der Waals surface area contributed by atoms with E-state index in [1.54, 1.807) is 0 Å². The zero-order valence-corrected chi connectivity index (χ0v) is 18.3. The van der Waals surface area contributed by atoms with Crippen molar-refractivity contribution >= 4 is 11.4 Å². The van der Waals surface area contributed by atoms with Gasteiger partial charge < -0.3 is 14.6 Å². The number of nitrogens with zero attached hydrogens (tertiary/aromatic N) is 2.